The number of aliphatic hydroxyl groups excluding tert-OH is 1. The van der Waals surface area contributed by atoms with Crippen LogP contribution in [0.5, 0.6) is 0 Å². The molecule has 0 saturated carbocycles. The summed E-state index contributed by atoms with van der Waals surface area (Å²) >= 11 is 0. The van der Waals surface area contributed by atoms with E-state index in [0.29, 0.717) is 0 Å². The number of allylic oxidation sites excluding steroid dienone is 1. The van der Waals surface area contributed by atoms with Gasteiger partial charge in [-0.2, -0.15) is 0 Å². The zero-order valence-electron chi connectivity index (χ0n) is 11.5. The normalized spacial score (nSPS) is 15.0. The number of aliphatic hydroxyl groups is 1. The molecular formula is C18H20O. The first-order valence-electron chi connectivity index (χ1n) is 6.64. The van der Waals surface area contributed by atoms with Gasteiger partial charge >= 0.3 is 0 Å². The lowest BCUT2D eigenvalue weighted by molar-refractivity contribution is 0.157. The lowest BCUT2D eigenvalue weighted by atomic mass is 9.84. The van der Waals surface area contributed by atoms with Crippen LogP contribution in [0.15, 0.2) is 72.3 Å². The van der Waals surface area contributed by atoms with Gasteiger partial charge in [0.25, 0.3) is 0 Å². The Hall–Kier alpha value is -1.86. The molecule has 98 valence electrons. The summed E-state index contributed by atoms with van der Waals surface area (Å²) < 4.78 is 0. The minimum Gasteiger partial charge on any atom is -0.387 e. The second kappa shape index (κ2) is 6.35. The van der Waals surface area contributed by atoms with Crippen molar-refractivity contribution in [3.8, 4) is 0 Å². The van der Waals surface area contributed by atoms with Crippen LogP contribution < -0.4 is 0 Å². The van der Waals surface area contributed by atoms with E-state index in [1.54, 1.807) is 0 Å². The third-order valence-electron chi connectivity index (χ3n) is 3.56. The summed E-state index contributed by atoms with van der Waals surface area (Å²) in [4.78, 5) is 0. The van der Waals surface area contributed by atoms with Gasteiger partial charge in [0.15, 0.2) is 0 Å². The van der Waals surface area contributed by atoms with Crippen molar-refractivity contribution >= 4 is 0 Å². The molecule has 0 aliphatic carbocycles. The topological polar surface area (TPSA) is 20.2 Å². The van der Waals surface area contributed by atoms with Crippen LogP contribution in [0.25, 0.3) is 0 Å². The van der Waals surface area contributed by atoms with Gasteiger partial charge in [0, 0.05) is 5.92 Å². The molecule has 0 fully saturated rings. The van der Waals surface area contributed by atoms with Crippen molar-refractivity contribution in [3.05, 3.63) is 83.4 Å². The first-order valence-corrected chi connectivity index (χ1v) is 6.64. The lowest BCUT2D eigenvalue weighted by Gasteiger charge is -2.24. The Balaban J connectivity index is 2.40. The van der Waals surface area contributed by atoms with Crippen molar-refractivity contribution in [2.75, 3.05) is 0 Å². The van der Waals surface area contributed by atoms with E-state index in [-0.39, 0.29) is 5.92 Å². The summed E-state index contributed by atoms with van der Waals surface area (Å²) in [7, 11) is 0. The molecule has 0 amide bonds. The smallest absolute Gasteiger partial charge is 0.0895 e. The third kappa shape index (κ3) is 3.12. The van der Waals surface area contributed by atoms with Gasteiger partial charge < -0.3 is 5.11 Å². The molecule has 0 aliphatic rings. The van der Waals surface area contributed by atoms with Crippen molar-refractivity contribution in [1.82, 2.24) is 0 Å². The molecule has 19 heavy (non-hydrogen) atoms. The predicted molar refractivity (Wildman–Crippen MR) is 80.0 cm³/mol. The largest absolute Gasteiger partial charge is 0.387 e. The summed E-state index contributed by atoms with van der Waals surface area (Å²) in [6.45, 7) is 4.09. The molecule has 0 bridgehead atoms. The van der Waals surface area contributed by atoms with Crippen LogP contribution in [-0.2, 0) is 0 Å². The standard InChI is InChI=1S/C18H20O/c1-3-14(2)17(15-10-6-4-7-11-15)18(19)16-12-8-5-9-13-16/h3-13,17-19H,1-2H3/b14-3-/t17-,18-/m0/s1. The molecule has 0 unspecified atom stereocenters. The quantitative estimate of drug-likeness (QED) is 0.796. The third-order valence-corrected chi connectivity index (χ3v) is 3.56. The number of benzene rings is 2. The molecule has 0 saturated heterocycles. The molecule has 0 radical (unpaired) electrons. The molecule has 0 spiro atoms. The van der Waals surface area contributed by atoms with E-state index in [2.05, 4.69) is 25.1 Å². The molecule has 2 aromatic rings. The molecule has 1 heteroatoms. The average Bonchev–Trinajstić information content (AvgIpc) is 2.49. The van der Waals surface area contributed by atoms with Crippen molar-refractivity contribution in [2.24, 2.45) is 0 Å². The van der Waals surface area contributed by atoms with Gasteiger partial charge in [0.1, 0.15) is 0 Å². The van der Waals surface area contributed by atoms with E-state index >= 15 is 0 Å². The minimum absolute atomic E-state index is 0.00796. The zero-order valence-corrected chi connectivity index (χ0v) is 11.5. The van der Waals surface area contributed by atoms with Crippen LogP contribution in [-0.4, -0.2) is 5.11 Å². The summed E-state index contributed by atoms with van der Waals surface area (Å²) in [5.74, 6) is 0.00796. The molecule has 0 heterocycles. The van der Waals surface area contributed by atoms with Crippen molar-refractivity contribution in [2.45, 2.75) is 25.9 Å². The zero-order chi connectivity index (χ0) is 13.7. The Labute approximate surface area is 115 Å². The maximum atomic E-state index is 10.7. The van der Waals surface area contributed by atoms with Crippen LogP contribution in [0.1, 0.15) is 37.0 Å². The van der Waals surface area contributed by atoms with Crippen LogP contribution in [0.2, 0.25) is 0 Å². The number of hydrogen-bond donors (Lipinski definition) is 1. The van der Waals surface area contributed by atoms with Gasteiger partial charge in [0.05, 0.1) is 6.10 Å². The molecular weight excluding hydrogens is 232 g/mol. The van der Waals surface area contributed by atoms with E-state index in [4.69, 9.17) is 0 Å². The molecule has 2 aromatic carbocycles. The fraction of sp³-hybridized carbons (Fsp3) is 0.222. The van der Waals surface area contributed by atoms with Crippen LogP contribution in [0.4, 0.5) is 0 Å². The fourth-order valence-corrected chi connectivity index (χ4v) is 2.38. The van der Waals surface area contributed by atoms with E-state index in [1.807, 2.05) is 55.5 Å². The summed E-state index contributed by atoms with van der Waals surface area (Å²) in [5, 5.41) is 10.7. The minimum atomic E-state index is -0.514. The highest BCUT2D eigenvalue weighted by atomic mass is 16.3. The van der Waals surface area contributed by atoms with Gasteiger partial charge in [-0.3, -0.25) is 0 Å². The predicted octanol–water partition coefficient (Wildman–Crippen LogP) is 4.47. The molecule has 1 N–H and O–H groups in total. The fourth-order valence-electron chi connectivity index (χ4n) is 2.38. The molecule has 0 aliphatic heterocycles. The highest BCUT2D eigenvalue weighted by Gasteiger charge is 2.23. The Morgan fingerprint density at radius 3 is 1.84 bits per heavy atom. The maximum Gasteiger partial charge on any atom is 0.0895 e. The average molecular weight is 252 g/mol. The van der Waals surface area contributed by atoms with Crippen molar-refractivity contribution in [1.29, 1.82) is 0 Å². The molecule has 0 aromatic heterocycles. The van der Waals surface area contributed by atoms with E-state index in [1.165, 1.54) is 5.57 Å². The molecule has 2 atom stereocenters. The van der Waals surface area contributed by atoms with Gasteiger partial charge in [-0.1, -0.05) is 72.3 Å². The summed E-state index contributed by atoms with van der Waals surface area (Å²) in [5.41, 5.74) is 3.29. The first kappa shape index (κ1) is 13.6. The Morgan fingerprint density at radius 2 is 1.37 bits per heavy atom. The highest BCUT2D eigenvalue weighted by Crippen LogP contribution is 2.36. The van der Waals surface area contributed by atoms with Crippen LogP contribution in [0, 0.1) is 0 Å². The second-order valence-electron chi connectivity index (χ2n) is 4.78. The SMILES string of the molecule is C/C=C(/C)[C@@H](c1ccccc1)[C@@H](O)c1ccccc1. The lowest BCUT2D eigenvalue weighted by Crippen LogP contribution is -2.12. The van der Waals surface area contributed by atoms with E-state index in [9.17, 15) is 5.11 Å². The van der Waals surface area contributed by atoms with E-state index in [0.717, 1.165) is 11.1 Å². The summed E-state index contributed by atoms with van der Waals surface area (Å²) in [6.07, 6.45) is 1.56. The Bertz CT molecular complexity index is 528. The van der Waals surface area contributed by atoms with Gasteiger partial charge in [-0.25, -0.2) is 0 Å². The summed E-state index contributed by atoms with van der Waals surface area (Å²) in [6, 6.07) is 20.0. The van der Waals surface area contributed by atoms with Gasteiger partial charge in [-0.15, -0.1) is 0 Å². The number of hydrogen-bond acceptors (Lipinski definition) is 1. The number of rotatable bonds is 4. The monoisotopic (exact) mass is 252 g/mol. The van der Waals surface area contributed by atoms with Crippen LogP contribution >= 0.6 is 0 Å². The Morgan fingerprint density at radius 1 is 0.895 bits per heavy atom. The Kier molecular flexibility index (Phi) is 4.53. The second-order valence-corrected chi connectivity index (χ2v) is 4.78. The van der Waals surface area contributed by atoms with Crippen molar-refractivity contribution in [3.63, 3.8) is 0 Å². The molecule has 1 nitrogen and oxygen atoms in total. The first-order chi connectivity index (χ1) is 9.24. The maximum absolute atomic E-state index is 10.7. The van der Waals surface area contributed by atoms with Gasteiger partial charge in [0.2, 0.25) is 0 Å². The highest BCUT2D eigenvalue weighted by molar-refractivity contribution is 5.33. The van der Waals surface area contributed by atoms with E-state index < -0.39 is 6.10 Å². The van der Waals surface area contributed by atoms with Crippen LogP contribution in [0.3, 0.4) is 0 Å². The van der Waals surface area contributed by atoms with Gasteiger partial charge in [-0.05, 0) is 25.0 Å². The van der Waals surface area contributed by atoms with Crippen molar-refractivity contribution < 1.29 is 5.11 Å². The molecule has 2 rings (SSSR count).